The average Bonchev–Trinajstić information content (AvgIpc) is 2.65. The van der Waals surface area contributed by atoms with Crippen LogP contribution in [0.15, 0.2) is 0 Å². The molecule has 0 aliphatic carbocycles. The van der Waals surface area contributed by atoms with Gasteiger partial charge in [-0.1, -0.05) is 0 Å². The summed E-state index contributed by atoms with van der Waals surface area (Å²) in [7, 11) is 1.01. The molecule has 1 atom stereocenters. The number of halogens is 6. The highest BCUT2D eigenvalue weighted by Gasteiger charge is 2.60. The number of nitrogens with one attached hydrogen (secondary N) is 3. The van der Waals surface area contributed by atoms with E-state index < -0.39 is 60.7 Å². The van der Waals surface area contributed by atoms with E-state index in [-0.39, 0.29) is 25.8 Å². The number of esters is 1. The van der Waals surface area contributed by atoms with Gasteiger partial charge in [-0.15, -0.1) is 0 Å². The number of hydrogen-bond acceptors (Lipinski definition) is 7. The van der Waals surface area contributed by atoms with Crippen LogP contribution in [0, 0.1) is 0 Å². The quantitative estimate of drug-likeness (QED) is 0.178. The summed E-state index contributed by atoms with van der Waals surface area (Å²) >= 11 is 0. The van der Waals surface area contributed by atoms with E-state index in [0.29, 0.717) is 0 Å². The summed E-state index contributed by atoms with van der Waals surface area (Å²) in [6, 6.07) is -1.65. The molecule has 0 radical (unpaired) electrons. The van der Waals surface area contributed by atoms with E-state index in [0.717, 1.165) is 7.11 Å². The Kier molecular flexibility index (Phi) is 11.9. The van der Waals surface area contributed by atoms with Gasteiger partial charge in [0.25, 0.3) is 6.10 Å². The predicted molar refractivity (Wildman–Crippen MR) is 102 cm³/mol. The number of carbonyl (C=O) groups excluding carboxylic acids is 4. The zero-order chi connectivity index (χ0) is 26.7. The van der Waals surface area contributed by atoms with Crippen molar-refractivity contribution in [2.24, 2.45) is 0 Å². The molecule has 3 N–H and O–H groups in total. The standard InChI is InChI=1S/C18H27F6N3O7/c1-16(2,3)34-14(30)25-8-6-5-7-10(12(29)26-9-11(28)32-4)27-15(31)33-13(17(19,20)21)18(22,23)24/h10,13H,5-9H2,1-4H3,(H,25,30)(H,26,29)(H,27,31)/t10-/m0/s1. The average molecular weight is 511 g/mol. The molecule has 0 heterocycles. The number of unbranched alkanes of at least 4 members (excludes halogenated alkanes) is 1. The first-order valence-electron chi connectivity index (χ1n) is 9.78. The molecule has 16 heteroatoms. The molecule has 3 amide bonds. The maximum atomic E-state index is 12.6. The number of ether oxygens (including phenoxy) is 3. The van der Waals surface area contributed by atoms with E-state index in [4.69, 9.17) is 4.74 Å². The van der Waals surface area contributed by atoms with Gasteiger partial charge >= 0.3 is 30.5 Å². The summed E-state index contributed by atoms with van der Waals surface area (Å²) in [6.45, 7) is 4.29. The molecule has 0 bridgehead atoms. The molecule has 0 saturated heterocycles. The molecule has 0 aliphatic heterocycles. The highest BCUT2D eigenvalue weighted by atomic mass is 19.4. The number of alkyl halides is 6. The van der Waals surface area contributed by atoms with Crippen molar-refractivity contribution in [1.82, 2.24) is 16.0 Å². The second-order valence-corrected chi connectivity index (χ2v) is 7.78. The lowest BCUT2D eigenvalue weighted by Gasteiger charge is -2.24. The number of alkyl carbamates (subject to hydrolysis) is 2. The topological polar surface area (TPSA) is 132 Å². The van der Waals surface area contributed by atoms with Gasteiger partial charge in [0.1, 0.15) is 18.2 Å². The van der Waals surface area contributed by atoms with Crippen LogP contribution in [0.2, 0.25) is 0 Å². The minimum Gasteiger partial charge on any atom is -0.468 e. The second-order valence-electron chi connectivity index (χ2n) is 7.78. The molecule has 0 unspecified atom stereocenters. The normalized spacial score (nSPS) is 13.0. The van der Waals surface area contributed by atoms with Crippen LogP contribution in [0.25, 0.3) is 0 Å². The van der Waals surface area contributed by atoms with E-state index in [1.165, 1.54) is 0 Å². The van der Waals surface area contributed by atoms with Gasteiger partial charge in [0.2, 0.25) is 5.91 Å². The minimum atomic E-state index is -5.94. The van der Waals surface area contributed by atoms with Crippen molar-refractivity contribution in [3.8, 4) is 0 Å². The zero-order valence-electron chi connectivity index (χ0n) is 18.8. The fourth-order valence-corrected chi connectivity index (χ4v) is 2.20. The molecule has 0 aliphatic rings. The van der Waals surface area contributed by atoms with Crippen LogP contribution in [0.4, 0.5) is 35.9 Å². The fourth-order valence-electron chi connectivity index (χ4n) is 2.20. The Morgan fingerprint density at radius 3 is 1.88 bits per heavy atom. The van der Waals surface area contributed by atoms with Crippen LogP contribution in [0.5, 0.6) is 0 Å². The summed E-state index contributed by atoms with van der Waals surface area (Å²) in [4.78, 5) is 46.6. The Labute approximate surface area is 191 Å². The Bertz CT molecular complexity index is 694. The lowest BCUT2D eigenvalue weighted by Crippen LogP contribution is -2.52. The number of amides is 3. The van der Waals surface area contributed by atoms with Crippen LogP contribution >= 0.6 is 0 Å². The third-order valence-electron chi connectivity index (χ3n) is 3.65. The van der Waals surface area contributed by atoms with Gasteiger partial charge in [-0.3, -0.25) is 9.59 Å². The van der Waals surface area contributed by atoms with Crippen molar-refractivity contribution < 1.29 is 59.7 Å². The summed E-state index contributed by atoms with van der Waals surface area (Å²) in [5, 5.41) is 6.05. The van der Waals surface area contributed by atoms with E-state index in [1.54, 1.807) is 26.1 Å². The van der Waals surface area contributed by atoms with E-state index in [1.807, 2.05) is 5.32 Å². The molecule has 0 rings (SSSR count). The van der Waals surface area contributed by atoms with Crippen LogP contribution in [-0.2, 0) is 23.8 Å². The van der Waals surface area contributed by atoms with Gasteiger partial charge in [0.05, 0.1) is 7.11 Å². The third kappa shape index (κ3) is 13.6. The van der Waals surface area contributed by atoms with Crippen molar-refractivity contribution in [1.29, 1.82) is 0 Å². The van der Waals surface area contributed by atoms with Crippen LogP contribution in [0.3, 0.4) is 0 Å². The van der Waals surface area contributed by atoms with Crippen molar-refractivity contribution >= 4 is 24.1 Å². The lowest BCUT2D eigenvalue weighted by molar-refractivity contribution is -0.307. The Hall–Kier alpha value is -2.94. The summed E-state index contributed by atoms with van der Waals surface area (Å²) in [5.41, 5.74) is -0.748. The van der Waals surface area contributed by atoms with Gasteiger partial charge in [-0.2, -0.15) is 26.3 Å². The van der Waals surface area contributed by atoms with Gasteiger partial charge in [0.15, 0.2) is 0 Å². The van der Waals surface area contributed by atoms with Crippen LogP contribution < -0.4 is 16.0 Å². The zero-order valence-corrected chi connectivity index (χ0v) is 18.8. The maximum Gasteiger partial charge on any atom is 0.434 e. The third-order valence-corrected chi connectivity index (χ3v) is 3.65. The highest BCUT2D eigenvalue weighted by molar-refractivity contribution is 5.88. The summed E-state index contributed by atoms with van der Waals surface area (Å²) in [6.07, 6.45) is -19.2. The van der Waals surface area contributed by atoms with Gasteiger partial charge in [-0.05, 0) is 40.0 Å². The van der Waals surface area contributed by atoms with Gasteiger partial charge in [-0.25, -0.2) is 9.59 Å². The molecule has 10 nitrogen and oxygen atoms in total. The van der Waals surface area contributed by atoms with E-state index in [9.17, 15) is 45.5 Å². The van der Waals surface area contributed by atoms with E-state index in [2.05, 4.69) is 14.8 Å². The molecule has 0 spiro atoms. The number of hydrogen-bond donors (Lipinski definition) is 3. The Balaban J connectivity index is 5.03. The van der Waals surface area contributed by atoms with Crippen LogP contribution in [0.1, 0.15) is 40.0 Å². The first-order valence-corrected chi connectivity index (χ1v) is 9.78. The lowest BCUT2D eigenvalue weighted by atomic mass is 10.1. The molecule has 0 aromatic rings. The molecule has 0 aromatic heterocycles. The predicted octanol–water partition coefficient (Wildman–Crippen LogP) is 2.56. The molecule has 0 aromatic carbocycles. The van der Waals surface area contributed by atoms with Crippen molar-refractivity contribution in [3.05, 3.63) is 0 Å². The first kappa shape index (κ1) is 31.1. The smallest absolute Gasteiger partial charge is 0.434 e. The summed E-state index contributed by atoms with van der Waals surface area (Å²) in [5.74, 6) is -1.98. The molecular weight excluding hydrogens is 484 g/mol. The largest absolute Gasteiger partial charge is 0.468 e. The van der Waals surface area contributed by atoms with E-state index >= 15 is 0 Å². The van der Waals surface area contributed by atoms with Gasteiger partial charge < -0.3 is 30.2 Å². The van der Waals surface area contributed by atoms with Gasteiger partial charge in [0, 0.05) is 6.54 Å². The number of rotatable bonds is 10. The Morgan fingerprint density at radius 1 is 0.853 bits per heavy atom. The monoisotopic (exact) mass is 511 g/mol. The molecule has 0 fully saturated rings. The summed E-state index contributed by atoms with van der Waals surface area (Å²) < 4.78 is 88.2. The van der Waals surface area contributed by atoms with Crippen molar-refractivity contribution in [3.63, 3.8) is 0 Å². The fraction of sp³-hybridized carbons (Fsp3) is 0.778. The number of methoxy groups -OCH3 is 1. The molecular formula is C18H27F6N3O7. The molecule has 0 saturated carbocycles. The van der Waals surface area contributed by atoms with Crippen molar-refractivity contribution in [2.75, 3.05) is 20.2 Å². The Morgan fingerprint density at radius 2 is 1.41 bits per heavy atom. The SMILES string of the molecule is COC(=O)CNC(=O)[C@H](CCCCNC(=O)OC(C)(C)C)NC(=O)OC(C(F)(F)F)C(F)(F)F. The second kappa shape index (κ2) is 13.1. The minimum absolute atomic E-state index is 0.0556. The first-order chi connectivity index (χ1) is 15.4. The molecule has 198 valence electrons. The van der Waals surface area contributed by atoms with Crippen molar-refractivity contribution in [2.45, 2.75) is 70.1 Å². The number of carbonyl (C=O) groups is 4. The highest BCUT2D eigenvalue weighted by Crippen LogP contribution is 2.35. The maximum absolute atomic E-state index is 12.6. The van der Waals surface area contributed by atoms with Crippen LogP contribution in [-0.4, -0.2) is 74.4 Å². The molecule has 34 heavy (non-hydrogen) atoms.